The van der Waals surface area contributed by atoms with Crippen molar-refractivity contribution in [3.05, 3.63) is 29.6 Å². The Kier molecular flexibility index (Phi) is 7.32. The van der Waals surface area contributed by atoms with E-state index in [1.165, 1.54) is 6.92 Å². The molecule has 1 aromatic heterocycles. The standard InChI is InChI=1S/C13H18B2N2O3/c1-10(18)15-6-4-12(19)16-7-8-17-13(20)11-3-2-5-14-9-11/h2-3,5,9,15H,4,6-8H2,1H3,(H,16,19)(H,17,20). The first-order valence-corrected chi connectivity index (χ1v) is 6.69. The van der Waals surface area contributed by atoms with Crippen molar-refractivity contribution in [2.24, 2.45) is 0 Å². The molecule has 1 heterocycles. The molecule has 0 saturated heterocycles. The molecule has 1 aromatic rings. The normalized spacial score (nSPS) is 9.45. The molecule has 0 unspecified atom stereocenters. The molecule has 0 atom stereocenters. The molecule has 2 amide bonds. The monoisotopic (exact) mass is 272 g/mol. The van der Waals surface area contributed by atoms with Crippen LogP contribution in [0, 0.1) is 0 Å². The first-order valence-electron chi connectivity index (χ1n) is 6.69. The fourth-order valence-corrected chi connectivity index (χ4v) is 1.66. The van der Waals surface area contributed by atoms with Crippen molar-refractivity contribution in [2.45, 2.75) is 19.7 Å². The minimum absolute atomic E-state index is 0.0907. The van der Waals surface area contributed by atoms with Crippen molar-refractivity contribution in [1.82, 2.24) is 10.6 Å². The van der Waals surface area contributed by atoms with Crippen LogP contribution in [0.25, 0.3) is 0 Å². The predicted molar refractivity (Wildman–Crippen MR) is 80.4 cm³/mol. The fraction of sp³-hybridized carbons (Fsp3) is 0.385. The summed E-state index contributed by atoms with van der Waals surface area (Å²) in [4.78, 5) is 33.8. The van der Waals surface area contributed by atoms with Gasteiger partial charge in [0.05, 0.1) is 0 Å². The molecule has 5 nitrogen and oxygen atoms in total. The average Bonchev–Trinajstić information content (AvgIpc) is 2.44. The minimum atomic E-state index is -0.156. The molecule has 0 bridgehead atoms. The van der Waals surface area contributed by atoms with Crippen molar-refractivity contribution in [3.63, 3.8) is 0 Å². The number of hydrogen-bond acceptors (Lipinski definition) is 3. The number of rotatable bonds is 8. The van der Waals surface area contributed by atoms with E-state index < -0.39 is 0 Å². The van der Waals surface area contributed by atoms with Crippen LogP contribution >= 0.6 is 0 Å². The molecule has 0 aliphatic heterocycles. The van der Waals surface area contributed by atoms with E-state index in [1.807, 2.05) is 5.96 Å². The Balaban J connectivity index is 2.11. The fourth-order valence-electron chi connectivity index (χ4n) is 1.66. The van der Waals surface area contributed by atoms with Crippen LogP contribution in [-0.4, -0.2) is 44.8 Å². The second-order valence-electron chi connectivity index (χ2n) is 4.53. The topological polar surface area (TPSA) is 75.3 Å². The van der Waals surface area contributed by atoms with Crippen LogP contribution in [0.15, 0.2) is 24.1 Å². The van der Waals surface area contributed by atoms with E-state index in [9.17, 15) is 14.4 Å². The van der Waals surface area contributed by atoms with Gasteiger partial charge >= 0.3 is 107 Å². The van der Waals surface area contributed by atoms with Crippen LogP contribution < -0.4 is 10.6 Å². The van der Waals surface area contributed by atoms with Gasteiger partial charge < -0.3 is 4.79 Å². The van der Waals surface area contributed by atoms with Crippen molar-refractivity contribution in [2.75, 3.05) is 13.1 Å². The molecule has 2 N–H and O–H groups in total. The summed E-state index contributed by atoms with van der Waals surface area (Å²) in [6.45, 7) is 4.08. The number of carbonyl (C=O) groups excluding carboxylic acids is 3. The quantitative estimate of drug-likeness (QED) is 0.502. The summed E-state index contributed by atoms with van der Waals surface area (Å²) in [5, 5.41) is 5.42. The molecule has 7 heteroatoms. The van der Waals surface area contributed by atoms with E-state index in [0.29, 0.717) is 38.7 Å². The van der Waals surface area contributed by atoms with Gasteiger partial charge in [0.15, 0.2) is 0 Å². The van der Waals surface area contributed by atoms with Gasteiger partial charge in [0.25, 0.3) is 0 Å². The molecular formula is C13H18B2N2O3. The van der Waals surface area contributed by atoms with Crippen molar-refractivity contribution in [1.29, 1.82) is 0 Å². The Morgan fingerprint density at radius 3 is 2.65 bits per heavy atom. The van der Waals surface area contributed by atoms with E-state index in [2.05, 4.69) is 10.6 Å². The SMILES string of the molecule is CC(=O)BCCC(=O)NCCNC(=O)c1cbccc1. The summed E-state index contributed by atoms with van der Waals surface area (Å²) >= 11 is 0. The van der Waals surface area contributed by atoms with Crippen molar-refractivity contribution >= 4 is 31.7 Å². The molecule has 104 valence electrons. The molecule has 20 heavy (non-hydrogen) atoms. The molecule has 0 saturated carbocycles. The Hall–Kier alpha value is -1.91. The first kappa shape index (κ1) is 16.1. The summed E-state index contributed by atoms with van der Waals surface area (Å²) in [5.41, 5.74) is 0.688. The summed E-state index contributed by atoms with van der Waals surface area (Å²) in [6.07, 6.45) is 0.907. The molecule has 1 rings (SSSR count). The Bertz CT molecular complexity index is 466. The van der Waals surface area contributed by atoms with Crippen LogP contribution in [0.3, 0.4) is 0 Å². The molecule has 0 fully saturated rings. The van der Waals surface area contributed by atoms with Crippen LogP contribution in [0.4, 0.5) is 0 Å². The maximum absolute atomic E-state index is 11.7. The number of carbonyl (C=O) groups is 3. The van der Waals surface area contributed by atoms with Gasteiger partial charge in [-0.25, -0.2) is 0 Å². The van der Waals surface area contributed by atoms with Gasteiger partial charge in [-0.1, -0.05) is 0 Å². The van der Waals surface area contributed by atoms with Crippen LogP contribution in [0.1, 0.15) is 23.7 Å². The van der Waals surface area contributed by atoms with Gasteiger partial charge in [-0.15, -0.1) is 0 Å². The van der Waals surface area contributed by atoms with Crippen molar-refractivity contribution in [3.8, 4) is 0 Å². The molecule has 0 aliphatic carbocycles. The third-order valence-corrected chi connectivity index (χ3v) is 2.70. The van der Waals surface area contributed by atoms with Gasteiger partial charge in [-0.3, -0.25) is 0 Å². The summed E-state index contributed by atoms with van der Waals surface area (Å²) < 4.78 is 0. The Morgan fingerprint density at radius 1 is 1.25 bits per heavy atom. The Morgan fingerprint density at radius 2 is 2.00 bits per heavy atom. The Labute approximate surface area is 120 Å². The molecular weight excluding hydrogens is 254 g/mol. The van der Waals surface area contributed by atoms with E-state index in [4.69, 9.17) is 0 Å². The first-order chi connectivity index (χ1) is 9.59. The van der Waals surface area contributed by atoms with Crippen LogP contribution in [0.2, 0.25) is 6.32 Å². The molecule has 0 aromatic carbocycles. The van der Waals surface area contributed by atoms with Gasteiger partial charge in [0.1, 0.15) is 0 Å². The van der Waals surface area contributed by atoms with Gasteiger partial charge in [0.2, 0.25) is 0 Å². The van der Waals surface area contributed by atoms with E-state index >= 15 is 0 Å². The van der Waals surface area contributed by atoms with Gasteiger partial charge in [0, 0.05) is 0 Å². The van der Waals surface area contributed by atoms with E-state index in [-0.39, 0.29) is 17.5 Å². The van der Waals surface area contributed by atoms with Crippen LogP contribution in [0.5, 0.6) is 0 Å². The molecule has 0 aliphatic rings. The predicted octanol–water partition coefficient (Wildman–Crippen LogP) is -0.338. The maximum atomic E-state index is 11.7. The summed E-state index contributed by atoms with van der Waals surface area (Å²) in [7, 11) is 0.429. The zero-order chi connectivity index (χ0) is 14.8. The molecule has 0 spiro atoms. The zero-order valence-corrected chi connectivity index (χ0v) is 11.6. The average molecular weight is 272 g/mol. The number of amides is 2. The second-order valence-corrected chi connectivity index (χ2v) is 4.53. The summed E-state index contributed by atoms with van der Waals surface area (Å²) in [5.74, 6) is 3.32. The third kappa shape index (κ3) is 6.87. The van der Waals surface area contributed by atoms with Gasteiger partial charge in [-0.05, 0) is 6.92 Å². The van der Waals surface area contributed by atoms with Crippen molar-refractivity contribution < 1.29 is 14.4 Å². The summed E-state index contributed by atoms with van der Waals surface area (Å²) in [6, 6.07) is 3.53. The van der Waals surface area contributed by atoms with Crippen LogP contribution in [-0.2, 0) is 9.59 Å². The van der Waals surface area contributed by atoms with E-state index in [1.54, 1.807) is 25.0 Å². The van der Waals surface area contributed by atoms with E-state index in [0.717, 1.165) is 0 Å². The third-order valence-electron chi connectivity index (χ3n) is 2.70. The number of nitrogens with one attached hydrogen (secondary N) is 2. The zero-order valence-electron chi connectivity index (χ0n) is 11.6. The second kappa shape index (κ2) is 9.07. The van der Waals surface area contributed by atoms with Gasteiger partial charge in [-0.2, -0.15) is 0 Å². The molecule has 0 radical (unpaired) electrons. The number of hydrogen-bond donors (Lipinski definition) is 2.